The summed E-state index contributed by atoms with van der Waals surface area (Å²) in [6.07, 6.45) is 1.56. The minimum absolute atomic E-state index is 0.455. The number of nitrogens with one attached hydrogen (secondary N) is 1. The monoisotopic (exact) mass is 287 g/mol. The van der Waals surface area contributed by atoms with Crippen LogP contribution >= 0.6 is 11.6 Å². The molecule has 0 saturated carbocycles. The second kappa shape index (κ2) is 6.22. The highest BCUT2D eigenvalue weighted by atomic mass is 35.5. The molecule has 0 unspecified atom stereocenters. The van der Waals surface area contributed by atoms with Crippen LogP contribution < -0.4 is 10.2 Å². The summed E-state index contributed by atoms with van der Waals surface area (Å²) in [5.74, 6) is 1.11. The molecule has 5 nitrogen and oxygen atoms in total. The van der Waals surface area contributed by atoms with Crippen LogP contribution in [-0.4, -0.2) is 23.6 Å². The first-order valence-electron chi connectivity index (χ1n) is 6.16. The van der Waals surface area contributed by atoms with Crippen LogP contribution in [0.4, 0.5) is 17.5 Å². The standard InChI is InChI=1S/C14H14ClN5/c1-3-17-14-18-9-12(15)13(19-14)20(2)11-6-4-5-10(7-11)8-16/h4-7,9H,3H2,1-2H3,(H,17,18,19). The summed E-state index contributed by atoms with van der Waals surface area (Å²) in [4.78, 5) is 10.3. The number of nitrogens with zero attached hydrogens (tertiary/aromatic N) is 4. The van der Waals surface area contributed by atoms with Crippen molar-refractivity contribution in [2.45, 2.75) is 6.92 Å². The Bertz CT molecular complexity index is 650. The highest BCUT2D eigenvalue weighted by Gasteiger charge is 2.12. The van der Waals surface area contributed by atoms with Gasteiger partial charge in [0.25, 0.3) is 0 Å². The maximum atomic E-state index is 8.95. The number of aromatic nitrogens is 2. The van der Waals surface area contributed by atoms with Gasteiger partial charge in [0, 0.05) is 19.3 Å². The minimum atomic E-state index is 0.455. The van der Waals surface area contributed by atoms with Crippen LogP contribution in [0.15, 0.2) is 30.5 Å². The maximum Gasteiger partial charge on any atom is 0.224 e. The molecule has 20 heavy (non-hydrogen) atoms. The third kappa shape index (κ3) is 2.98. The lowest BCUT2D eigenvalue weighted by molar-refractivity contribution is 1.05. The van der Waals surface area contributed by atoms with E-state index in [1.807, 2.05) is 31.0 Å². The molecule has 0 saturated heterocycles. The van der Waals surface area contributed by atoms with E-state index in [-0.39, 0.29) is 0 Å². The van der Waals surface area contributed by atoms with Crippen LogP contribution in [0.25, 0.3) is 0 Å². The average Bonchev–Trinajstić information content (AvgIpc) is 2.49. The lowest BCUT2D eigenvalue weighted by Gasteiger charge is -2.20. The molecule has 1 heterocycles. The van der Waals surface area contributed by atoms with Crippen molar-refractivity contribution in [3.63, 3.8) is 0 Å². The van der Waals surface area contributed by atoms with E-state index < -0.39 is 0 Å². The lowest BCUT2D eigenvalue weighted by atomic mass is 10.2. The zero-order valence-electron chi connectivity index (χ0n) is 11.3. The Morgan fingerprint density at radius 1 is 1.45 bits per heavy atom. The summed E-state index contributed by atoms with van der Waals surface area (Å²) in [5, 5.41) is 12.5. The van der Waals surface area contributed by atoms with Crippen molar-refractivity contribution < 1.29 is 0 Å². The Labute approximate surface area is 122 Å². The van der Waals surface area contributed by atoms with Crippen LogP contribution in [-0.2, 0) is 0 Å². The molecule has 102 valence electrons. The molecule has 1 aromatic carbocycles. The number of benzene rings is 1. The van der Waals surface area contributed by atoms with Crippen molar-refractivity contribution in [1.82, 2.24) is 9.97 Å². The molecule has 6 heteroatoms. The molecule has 2 rings (SSSR count). The maximum absolute atomic E-state index is 8.95. The summed E-state index contributed by atoms with van der Waals surface area (Å²) in [5.41, 5.74) is 1.43. The summed E-state index contributed by atoms with van der Waals surface area (Å²) in [6, 6.07) is 9.37. The zero-order valence-corrected chi connectivity index (χ0v) is 12.0. The molecule has 0 aliphatic carbocycles. The van der Waals surface area contributed by atoms with Gasteiger partial charge in [0.15, 0.2) is 5.82 Å². The van der Waals surface area contributed by atoms with Crippen LogP contribution in [0.2, 0.25) is 5.02 Å². The topological polar surface area (TPSA) is 64.8 Å². The minimum Gasteiger partial charge on any atom is -0.354 e. The first-order valence-corrected chi connectivity index (χ1v) is 6.53. The van der Waals surface area contributed by atoms with Gasteiger partial charge >= 0.3 is 0 Å². The highest BCUT2D eigenvalue weighted by molar-refractivity contribution is 6.33. The fourth-order valence-corrected chi connectivity index (χ4v) is 1.96. The molecular formula is C14H14ClN5. The summed E-state index contributed by atoms with van der Waals surface area (Å²) >= 11 is 6.16. The van der Waals surface area contributed by atoms with E-state index in [9.17, 15) is 0 Å². The quantitative estimate of drug-likeness (QED) is 0.935. The SMILES string of the molecule is CCNc1ncc(Cl)c(N(C)c2cccc(C#N)c2)n1. The van der Waals surface area contributed by atoms with Crippen molar-refractivity contribution in [2.75, 3.05) is 23.8 Å². The normalized spacial score (nSPS) is 9.90. The first-order chi connectivity index (χ1) is 9.65. The molecular weight excluding hydrogens is 274 g/mol. The van der Waals surface area contributed by atoms with Gasteiger partial charge in [0.2, 0.25) is 5.95 Å². The first kappa shape index (κ1) is 14.1. The Morgan fingerprint density at radius 2 is 2.25 bits per heavy atom. The van der Waals surface area contributed by atoms with Crippen LogP contribution in [0.5, 0.6) is 0 Å². The second-order valence-electron chi connectivity index (χ2n) is 4.12. The number of nitriles is 1. The molecule has 1 N–H and O–H groups in total. The predicted molar refractivity (Wildman–Crippen MR) is 80.4 cm³/mol. The van der Waals surface area contributed by atoms with Gasteiger partial charge in [0.1, 0.15) is 5.02 Å². The molecule has 0 bridgehead atoms. The van der Waals surface area contributed by atoms with E-state index in [1.165, 1.54) is 0 Å². The van der Waals surface area contributed by atoms with Crippen molar-refractivity contribution in [1.29, 1.82) is 5.26 Å². The largest absolute Gasteiger partial charge is 0.354 e. The van der Waals surface area contributed by atoms with E-state index in [1.54, 1.807) is 18.3 Å². The van der Waals surface area contributed by atoms with E-state index in [4.69, 9.17) is 16.9 Å². The van der Waals surface area contributed by atoms with Crippen molar-refractivity contribution in [2.24, 2.45) is 0 Å². The molecule has 1 aromatic heterocycles. The average molecular weight is 288 g/mol. The third-order valence-corrected chi connectivity index (χ3v) is 3.01. The Kier molecular flexibility index (Phi) is 4.38. The lowest BCUT2D eigenvalue weighted by Crippen LogP contribution is -2.14. The van der Waals surface area contributed by atoms with E-state index in [2.05, 4.69) is 21.4 Å². The van der Waals surface area contributed by atoms with Crippen LogP contribution in [0.1, 0.15) is 12.5 Å². The van der Waals surface area contributed by atoms with Gasteiger partial charge in [-0.15, -0.1) is 0 Å². The molecule has 0 aliphatic rings. The number of anilines is 3. The highest BCUT2D eigenvalue weighted by Crippen LogP contribution is 2.29. The number of halogens is 1. The molecule has 0 spiro atoms. The van der Waals surface area contributed by atoms with Gasteiger partial charge in [-0.05, 0) is 25.1 Å². The second-order valence-corrected chi connectivity index (χ2v) is 4.52. The Morgan fingerprint density at radius 3 is 2.95 bits per heavy atom. The van der Waals surface area contributed by atoms with Crippen LogP contribution in [0, 0.1) is 11.3 Å². The Balaban J connectivity index is 2.39. The third-order valence-electron chi connectivity index (χ3n) is 2.74. The predicted octanol–water partition coefficient (Wildman–Crippen LogP) is 3.20. The van der Waals surface area contributed by atoms with Gasteiger partial charge in [-0.2, -0.15) is 10.2 Å². The van der Waals surface area contributed by atoms with E-state index in [0.717, 1.165) is 12.2 Å². The van der Waals surface area contributed by atoms with Gasteiger partial charge in [-0.25, -0.2) is 4.98 Å². The Hall–Kier alpha value is -2.32. The van der Waals surface area contributed by atoms with Gasteiger partial charge in [-0.3, -0.25) is 0 Å². The number of hydrogen-bond acceptors (Lipinski definition) is 5. The molecule has 0 aliphatic heterocycles. The van der Waals surface area contributed by atoms with Crippen molar-refractivity contribution in [3.8, 4) is 6.07 Å². The summed E-state index contributed by atoms with van der Waals surface area (Å²) in [6.45, 7) is 2.70. The zero-order chi connectivity index (χ0) is 14.5. The molecule has 0 radical (unpaired) electrons. The number of rotatable bonds is 4. The van der Waals surface area contributed by atoms with Crippen molar-refractivity contribution >= 4 is 29.1 Å². The van der Waals surface area contributed by atoms with Crippen molar-refractivity contribution in [3.05, 3.63) is 41.0 Å². The van der Waals surface area contributed by atoms with Gasteiger partial charge in [0.05, 0.1) is 17.8 Å². The fourth-order valence-electron chi connectivity index (χ4n) is 1.74. The molecule has 0 amide bonds. The summed E-state index contributed by atoms with van der Waals surface area (Å²) < 4.78 is 0. The van der Waals surface area contributed by atoms with Gasteiger partial charge < -0.3 is 10.2 Å². The van der Waals surface area contributed by atoms with E-state index >= 15 is 0 Å². The molecule has 0 fully saturated rings. The van der Waals surface area contributed by atoms with E-state index in [0.29, 0.717) is 22.4 Å². The fraction of sp³-hybridized carbons (Fsp3) is 0.214. The molecule has 2 aromatic rings. The van der Waals surface area contributed by atoms with Gasteiger partial charge in [-0.1, -0.05) is 17.7 Å². The summed E-state index contributed by atoms with van der Waals surface area (Å²) in [7, 11) is 1.85. The molecule has 0 atom stereocenters. The van der Waals surface area contributed by atoms with Crippen LogP contribution in [0.3, 0.4) is 0 Å². The smallest absolute Gasteiger partial charge is 0.224 e. The number of hydrogen-bond donors (Lipinski definition) is 1.